The predicted octanol–water partition coefficient (Wildman–Crippen LogP) is 4.78. The molecule has 2 aromatic carbocycles. The Bertz CT molecular complexity index is 1130. The molecule has 2 aliphatic rings. The van der Waals surface area contributed by atoms with Gasteiger partial charge in [-0.2, -0.15) is 4.98 Å². The second-order valence-corrected chi connectivity index (χ2v) is 9.28. The van der Waals surface area contributed by atoms with Crippen molar-refractivity contribution in [2.75, 3.05) is 34.8 Å². The van der Waals surface area contributed by atoms with Crippen LogP contribution in [0.5, 0.6) is 0 Å². The van der Waals surface area contributed by atoms with E-state index in [0.717, 1.165) is 38.4 Å². The van der Waals surface area contributed by atoms with E-state index >= 15 is 0 Å². The van der Waals surface area contributed by atoms with Crippen LogP contribution in [0, 0.1) is 0 Å². The summed E-state index contributed by atoms with van der Waals surface area (Å²) in [5, 5.41) is 7.18. The van der Waals surface area contributed by atoms with E-state index in [1.54, 1.807) is 6.07 Å². The predicted molar refractivity (Wildman–Crippen MR) is 139 cm³/mol. The third-order valence-electron chi connectivity index (χ3n) is 6.22. The molecule has 0 radical (unpaired) electrons. The molecule has 2 aliphatic heterocycles. The minimum Gasteiger partial charge on any atom is -0.372 e. The fourth-order valence-corrected chi connectivity index (χ4v) is 4.78. The minimum absolute atomic E-state index is 0.390. The second-order valence-electron chi connectivity index (χ2n) is 8.48. The van der Waals surface area contributed by atoms with Gasteiger partial charge in [0.1, 0.15) is 11.0 Å². The summed E-state index contributed by atoms with van der Waals surface area (Å²) in [5.41, 5.74) is 5.17. The quantitative estimate of drug-likeness (QED) is 0.404. The van der Waals surface area contributed by atoms with Crippen LogP contribution in [0.1, 0.15) is 29.5 Å². The van der Waals surface area contributed by atoms with Gasteiger partial charge in [-0.3, -0.25) is 0 Å². The number of nitrogens with zero attached hydrogens (tertiary/aromatic N) is 4. The largest absolute Gasteiger partial charge is 0.372 e. The highest BCUT2D eigenvalue weighted by Gasteiger charge is 2.18. The van der Waals surface area contributed by atoms with Crippen molar-refractivity contribution in [3.8, 4) is 0 Å². The van der Waals surface area contributed by atoms with Gasteiger partial charge in [0.25, 0.3) is 0 Å². The van der Waals surface area contributed by atoms with Gasteiger partial charge in [-0.25, -0.2) is 4.98 Å². The minimum atomic E-state index is 0.390. The van der Waals surface area contributed by atoms with Gasteiger partial charge in [0.2, 0.25) is 5.95 Å². The molecule has 2 N–H and O–H groups in total. The van der Waals surface area contributed by atoms with E-state index < -0.39 is 0 Å². The van der Waals surface area contributed by atoms with Gasteiger partial charge >= 0.3 is 0 Å². The molecule has 170 valence electrons. The van der Waals surface area contributed by atoms with Crippen molar-refractivity contribution in [3.05, 3.63) is 76.4 Å². The van der Waals surface area contributed by atoms with E-state index in [2.05, 4.69) is 78.9 Å². The molecule has 1 fully saturated rings. The normalized spacial score (nSPS) is 15.3. The van der Waals surface area contributed by atoms with Gasteiger partial charge in [0.15, 0.2) is 5.11 Å². The Morgan fingerprint density at radius 3 is 2.48 bits per heavy atom. The van der Waals surface area contributed by atoms with Crippen molar-refractivity contribution in [2.45, 2.75) is 32.4 Å². The molecule has 5 rings (SSSR count). The maximum Gasteiger partial charge on any atom is 0.232 e. The van der Waals surface area contributed by atoms with Crippen molar-refractivity contribution < 1.29 is 0 Å². The summed E-state index contributed by atoms with van der Waals surface area (Å²) in [6.45, 7) is 4.62. The molecule has 33 heavy (non-hydrogen) atoms. The lowest BCUT2D eigenvalue weighted by molar-refractivity contribution is 0.720. The van der Waals surface area contributed by atoms with Crippen molar-refractivity contribution in [1.29, 1.82) is 0 Å². The Balaban J connectivity index is 1.19. The number of thiocarbonyl (C=S) groups is 1. The summed E-state index contributed by atoms with van der Waals surface area (Å²) in [7, 11) is 0. The number of benzene rings is 2. The highest BCUT2D eigenvalue weighted by atomic mass is 35.5. The van der Waals surface area contributed by atoms with Crippen molar-refractivity contribution in [1.82, 2.24) is 15.3 Å². The van der Waals surface area contributed by atoms with Gasteiger partial charge in [-0.1, -0.05) is 48.0 Å². The monoisotopic (exact) mass is 478 g/mol. The summed E-state index contributed by atoms with van der Waals surface area (Å²) in [6.07, 6.45) is 3.54. The SMILES string of the molecule is S=C(NCc1ccc(N2CCCC2)cc1)Nc1nc(Cl)cc(N2CCc3ccccc3C2)n1. The maximum atomic E-state index is 6.31. The molecule has 1 aromatic heterocycles. The first-order valence-electron chi connectivity index (χ1n) is 11.4. The van der Waals surface area contributed by atoms with Crippen LogP contribution < -0.4 is 20.4 Å². The number of nitrogens with one attached hydrogen (secondary N) is 2. The summed E-state index contributed by atoms with van der Waals surface area (Å²) >= 11 is 11.8. The number of fused-ring (bicyclic) bond motifs is 1. The molecule has 0 spiro atoms. The molecule has 0 unspecified atom stereocenters. The topological polar surface area (TPSA) is 56.3 Å². The molecule has 1 saturated heterocycles. The van der Waals surface area contributed by atoms with Crippen LogP contribution in [0.15, 0.2) is 54.6 Å². The van der Waals surface area contributed by atoms with Crippen LogP contribution in [-0.4, -0.2) is 34.7 Å². The molecule has 0 bridgehead atoms. The van der Waals surface area contributed by atoms with E-state index in [0.29, 0.717) is 22.8 Å². The Morgan fingerprint density at radius 1 is 0.939 bits per heavy atom. The molecule has 0 aliphatic carbocycles. The first-order chi connectivity index (χ1) is 16.1. The van der Waals surface area contributed by atoms with Gasteiger partial charge in [-0.15, -0.1) is 0 Å². The van der Waals surface area contributed by atoms with Crippen LogP contribution in [0.25, 0.3) is 0 Å². The molecule has 3 aromatic rings. The first-order valence-corrected chi connectivity index (χ1v) is 12.2. The van der Waals surface area contributed by atoms with E-state index in [4.69, 9.17) is 23.8 Å². The Hall–Kier alpha value is -2.90. The number of anilines is 3. The standard InChI is InChI=1S/C25H27ClN6S/c26-22-15-23(32-14-11-19-5-1-2-6-20(19)17-32)29-24(28-22)30-25(33)27-16-18-7-9-21(10-8-18)31-12-3-4-13-31/h1-2,5-10,15H,3-4,11-14,16-17H2,(H2,27,28,29,30,33). The summed E-state index contributed by atoms with van der Waals surface area (Å²) < 4.78 is 0. The fraction of sp³-hybridized carbons (Fsp3) is 0.320. The van der Waals surface area contributed by atoms with Crippen molar-refractivity contribution in [3.63, 3.8) is 0 Å². The highest BCUT2D eigenvalue weighted by molar-refractivity contribution is 7.80. The lowest BCUT2D eigenvalue weighted by Crippen LogP contribution is -2.32. The summed E-state index contributed by atoms with van der Waals surface area (Å²) in [6, 6.07) is 19.0. The fourth-order valence-electron chi connectivity index (χ4n) is 4.44. The average Bonchev–Trinajstić information content (AvgIpc) is 3.37. The molecule has 6 nitrogen and oxygen atoms in total. The zero-order valence-electron chi connectivity index (χ0n) is 18.4. The molecule has 3 heterocycles. The zero-order valence-corrected chi connectivity index (χ0v) is 20.0. The van der Waals surface area contributed by atoms with E-state index in [-0.39, 0.29) is 0 Å². The lowest BCUT2D eigenvalue weighted by atomic mass is 10.00. The van der Waals surface area contributed by atoms with Crippen molar-refractivity contribution >= 4 is 46.4 Å². The first kappa shape index (κ1) is 21.9. The third kappa shape index (κ3) is 5.37. The number of hydrogen-bond donors (Lipinski definition) is 2. The Kier molecular flexibility index (Phi) is 6.60. The summed E-state index contributed by atoms with van der Waals surface area (Å²) in [5.74, 6) is 1.20. The number of hydrogen-bond acceptors (Lipinski definition) is 5. The van der Waals surface area contributed by atoms with E-state index in [9.17, 15) is 0 Å². The molecule has 8 heteroatoms. The van der Waals surface area contributed by atoms with Crippen LogP contribution in [0.4, 0.5) is 17.5 Å². The number of aromatic nitrogens is 2. The third-order valence-corrected chi connectivity index (χ3v) is 6.66. The average molecular weight is 479 g/mol. The van der Waals surface area contributed by atoms with Crippen LogP contribution in [0.2, 0.25) is 5.15 Å². The van der Waals surface area contributed by atoms with Gasteiger partial charge in [0.05, 0.1) is 0 Å². The van der Waals surface area contributed by atoms with Gasteiger partial charge in [0, 0.05) is 44.5 Å². The van der Waals surface area contributed by atoms with Crippen LogP contribution in [-0.2, 0) is 19.5 Å². The van der Waals surface area contributed by atoms with Crippen molar-refractivity contribution in [2.24, 2.45) is 0 Å². The second kappa shape index (κ2) is 9.93. The highest BCUT2D eigenvalue weighted by Crippen LogP contribution is 2.25. The van der Waals surface area contributed by atoms with Crippen LogP contribution in [0.3, 0.4) is 0 Å². The maximum absolute atomic E-state index is 6.31. The molecule has 0 atom stereocenters. The lowest BCUT2D eigenvalue weighted by Gasteiger charge is -2.30. The molecule has 0 amide bonds. The molecule has 0 saturated carbocycles. The van der Waals surface area contributed by atoms with Crippen LogP contribution >= 0.6 is 23.8 Å². The molecular weight excluding hydrogens is 452 g/mol. The Morgan fingerprint density at radius 2 is 1.70 bits per heavy atom. The Labute approximate surface area is 205 Å². The number of halogens is 1. The smallest absolute Gasteiger partial charge is 0.232 e. The number of rotatable bonds is 5. The molecular formula is C25H27ClN6S. The van der Waals surface area contributed by atoms with Gasteiger partial charge < -0.3 is 20.4 Å². The van der Waals surface area contributed by atoms with Gasteiger partial charge in [-0.05, 0) is 60.3 Å². The zero-order chi connectivity index (χ0) is 22.6. The van der Waals surface area contributed by atoms with E-state index in [1.807, 2.05) is 0 Å². The van der Waals surface area contributed by atoms with E-state index in [1.165, 1.54) is 35.2 Å². The summed E-state index contributed by atoms with van der Waals surface area (Å²) in [4.78, 5) is 13.6.